The van der Waals surface area contributed by atoms with E-state index in [1.54, 1.807) is 4.90 Å². The van der Waals surface area contributed by atoms with Crippen LogP contribution < -0.4 is 4.74 Å². The molecule has 0 saturated carbocycles. The number of carbonyl (C=O) groups excluding carboxylic acids is 1. The lowest BCUT2D eigenvalue weighted by Crippen LogP contribution is -2.43. The number of rotatable bonds is 5. The second-order valence-electron chi connectivity index (χ2n) is 6.52. The lowest BCUT2D eigenvalue weighted by molar-refractivity contribution is -0.137. The SMILES string of the molecule is Cc1ccc(N=Cc2ccc(OCC(=O)N3CCOCC3)c(Br)c2)c(C)c1. The summed E-state index contributed by atoms with van der Waals surface area (Å²) in [6.45, 7) is 6.56. The van der Waals surface area contributed by atoms with Gasteiger partial charge in [0.2, 0.25) is 0 Å². The molecule has 1 saturated heterocycles. The molecule has 3 rings (SSSR count). The highest BCUT2D eigenvalue weighted by Crippen LogP contribution is 2.26. The number of morpholine rings is 1. The van der Waals surface area contributed by atoms with E-state index in [1.165, 1.54) is 5.56 Å². The molecule has 1 aliphatic rings. The van der Waals surface area contributed by atoms with Gasteiger partial charge in [-0.25, -0.2) is 0 Å². The molecule has 0 aliphatic carbocycles. The predicted molar refractivity (Wildman–Crippen MR) is 110 cm³/mol. The fourth-order valence-electron chi connectivity index (χ4n) is 2.85. The van der Waals surface area contributed by atoms with Crippen molar-refractivity contribution in [3.05, 3.63) is 57.6 Å². The highest BCUT2D eigenvalue weighted by atomic mass is 79.9. The Labute approximate surface area is 168 Å². The van der Waals surface area contributed by atoms with Crippen molar-refractivity contribution in [1.29, 1.82) is 0 Å². The molecule has 0 aromatic heterocycles. The first kappa shape index (κ1) is 19.6. The lowest BCUT2D eigenvalue weighted by Gasteiger charge is -2.26. The van der Waals surface area contributed by atoms with Crippen LogP contribution in [0.2, 0.25) is 0 Å². The van der Waals surface area contributed by atoms with Crippen molar-refractivity contribution in [2.75, 3.05) is 32.9 Å². The molecule has 0 N–H and O–H groups in total. The summed E-state index contributed by atoms with van der Waals surface area (Å²) in [5.74, 6) is 0.617. The van der Waals surface area contributed by atoms with Crippen LogP contribution in [0.4, 0.5) is 5.69 Å². The average Bonchev–Trinajstić information content (AvgIpc) is 2.67. The van der Waals surface area contributed by atoms with Crippen LogP contribution in [0.15, 0.2) is 45.9 Å². The van der Waals surface area contributed by atoms with E-state index < -0.39 is 0 Å². The fourth-order valence-corrected chi connectivity index (χ4v) is 3.36. The molecule has 1 amide bonds. The maximum absolute atomic E-state index is 12.2. The van der Waals surface area contributed by atoms with Gasteiger partial charge in [0.25, 0.3) is 5.91 Å². The summed E-state index contributed by atoms with van der Waals surface area (Å²) in [6.07, 6.45) is 1.82. The Hall–Kier alpha value is -2.18. The Morgan fingerprint density at radius 3 is 2.70 bits per heavy atom. The van der Waals surface area contributed by atoms with Crippen LogP contribution in [-0.2, 0) is 9.53 Å². The molecule has 0 unspecified atom stereocenters. The molecule has 142 valence electrons. The summed E-state index contributed by atoms with van der Waals surface area (Å²) >= 11 is 3.51. The number of hydrogen-bond donors (Lipinski definition) is 0. The van der Waals surface area contributed by atoms with E-state index in [0.29, 0.717) is 32.1 Å². The van der Waals surface area contributed by atoms with Crippen LogP contribution in [0.25, 0.3) is 0 Å². The first-order valence-corrected chi connectivity index (χ1v) is 9.71. The van der Waals surface area contributed by atoms with Crippen LogP contribution in [0.5, 0.6) is 5.75 Å². The number of ether oxygens (including phenoxy) is 2. The molecule has 5 nitrogen and oxygen atoms in total. The van der Waals surface area contributed by atoms with Crippen molar-refractivity contribution in [3.63, 3.8) is 0 Å². The third-order valence-electron chi connectivity index (χ3n) is 4.38. The van der Waals surface area contributed by atoms with Crippen molar-refractivity contribution >= 4 is 33.7 Å². The standard InChI is InChI=1S/C21H23BrN2O3/c1-15-3-5-19(16(2)11-15)23-13-17-4-6-20(18(22)12-17)27-14-21(25)24-7-9-26-10-8-24/h3-6,11-13H,7-10,14H2,1-2H3. The minimum absolute atomic E-state index is 0.0224. The molecule has 1 aliphatic heterocycles. The number of amides is 1. The van der Waals surface area contributed by atoms with E-state index in [2.05, 4.69) is 46.9 Å². The number of halogens is 1. The van der Waals surface area contributed by atoms with Crippen molar-refractivity contribution in [3.8, 4) is 5.75 Å². The number of benzene rings is 2. The van der Waals surface area contributed by atoms with Gasteiger partial charge in [-0.1, -0.05) is 17.7 Å². The van der Waals surface area contributed by atoms with Gasteiger partial charge in [0.1, 0.15) is 5.75 Å². The van der Waals surface area contributed by atoms with Crippen LogP contribution in [0.3, 0.4) is 0 Å². The molecule has 6 heteroatoms. The Morgan fingerprint density at radius 1 is 1.22 bits per heavy atom. The minimum atomic E-state index is -0.0225. The Morgan fingerprint density at radius 2 is 2.00 bits per heavy atom. The normalized spacial score (nSPS) is 14.6. The van der Waals surface area contributed by atoms with Crippen molar-refractivity contribution in [2.45, 2.75) is 13.8 Å². The highest BCUT2D eigenvalue weighted by Gasteiger charge is 2.17. The Kier molecular flexibility index (Phi) is 6.63. The second kappa shape index (κ2) is 9.15. The molecule has 0 bridgehead atoms. The van der Waals surface area contributed by atoms with E-state index in [9.17, 15) is 4.79 Å². The van der Waals surface area contributed by atoms with Crippen LogP contribution in [-0.4, -0.2) is 49.9 Å². The molecular formula is C21H23BrN2O3. The first-order valence-electron chi connectivity index (χ1n) is 8.92. The van der Waals surface area contributed by atoms with Gasteiger partial charge in [-0.3, -0.25) is 9.79 Å². The van der Waals surface area contributed by atoms with E-state index in [4.69, 9.17) is 9.47 Å². The lowest BCUT2D eigenvalue weighted by atomic mass is 10.1. The van der Waals surface area contributed by atoms with Crippen LogP contribution in [0.1, 0.15) is 16.7 Å². The number of carbonyl (C=O) groups is 1. The molecule has 1 fully saturated rings. The molecule has 0 spiro atoms. The topological polar surface area (TPSA) is 51.1 Å². The van der Waals surface area contributed by atoms with Crippen LogP contribution >= 0.6 is 15.9 Å². The van der Waals surface area contributed by atoms with Crippen molar-refractivity contribution in [2.24, 2.45) is 4.99 Å². The third-order valence-corrected chi connectivity index (χ3v) is 5.00. The maximum atomic E-state index is 12.2. The van der Waals surface area contributed by atoms with Gasteiger partial charge in [0.15, 0.2) is 6.61 Å². The van der Waals surface area contributed by atoms with Crippen molar-refractivity contribution in [1.82, 2.24) is 4.90 Å². The Balaban J connectivity index is 1.61. The van der Waals surface area contributed by atoms with E-state index in [-0.39, 0.29) is 12.5 Å². The van der Waals surface area contributed by atoms with Gasteiger partial charge in [-0.15, -0.1) is 0 Å². The summed E-state index contributed by atoms with van der Waals surface area (Å²) in [5.41, 5.74) is 4.27. The van der Waals surface area contributed by atoms with Gasteiger partial charge in [-0.05, 0) is 65.2 Å². The zero-order valence-electron chi connectivity index (χ0n) is 15.6. The van der Waals surface area contributed by atoms with E-state index in [0.717, 1.165) is 21.3 Å². The third kappa shape index (κ3) is 5.40. The maximum Gasteiger partial charge on any atom is 0.260 e. The van der Waals surface area contributed by atoms with Gasteiger partial charge < -0.3 is 14.4 Å². The largest absolute Gasteiger partial charge is 0.483 e. The van der Waals surface area contributed by atoms with Gasteiger partial charge in [0.05, 0.1) is 23.4 Å². The fraction of sp³-hybridized carbons (Fsp3) is 0.333. The van der Waals surface area contributed by atoms with E-state index in [1.807, 2.05) is 30.5 Å². The van der Waals surface area contributed by atoms with Crippen molar-refractivity contribution < 1.29 is 14.3 Å². The zero-order chi connectivity index (χ0) is 19.2. The smallest absolute Gasteiger partial charge is 0.260 e. The second-order valence-corrected chi connectivity index (χ2v) is 7.37. The summed E-state index contributed by atoms with van der Waals surface area (Å²) < 4.78 is 11.7. The molecular weight excluding hydrogens is 408 g/mol. The summed E-state index contributed by atoms with van der Waals surface area (Å²) in [6, 6.07) is 11.9. The number of hydrogen-bond acceptors (Lipinski definition) is 4. The number of aryl methyl sites for hydroxylation is 2. The van der Waals surface area contributed by atoms with Gasteiger partial charge >= 0.3 is 0 Å². The first-order chi connectivity index (χ1) is 13.0. The van der Waals surface area contributed by atoms with Gasteiger partial charge in [-0.2, -0.15) is 0 Å². The minimum Gasteiger partial charge on any atom is -0.483 e. The summed E-state index contributed by atoms with van der Waals surface area (Å²) in [7, 11) is 0. The number of nitrogens with zero attached hydrogens (tertiary/aromatic N) is 2. The zero-order valence-corrected chi connectivity index (χ0v) is 17.2. The predicted octanol–water partition coefficient (Wildman–Crippen LogP) is 4.05. The summed E-state index contributed by atoms with van der Waals surface area (Å²) in [4.78, 5) is 18.5. The molecule has 1 heterocycles. The number of aliphatic imine (C=N–C) groups is 1. The Bertz CT molecular complexity index is 845. The molecule has 2 aromatic carbocycles. The van der Waals surface area contributed by atoms with Crippen LogP contribution in [0, 0.1) is 13.8 Å². The monoisotopic (exact) mass is 430 g/mol. The molecule has 0 radical (unpaired) electrons. The average molecular weight is 431 g/mol. The molecule has 27 heavy (non-hydrogen) atoms. The molecule has 2 aromatic rings. The van der Waals surface area contributed by atoms with Gasteiger partial charge in [0, 0.05) is 19.3 Å². The summed E-state index contributed by atoms with van der Waals surface area (Å²) in [5, 5.41) is 0. The molecule has 0 atom stereocenters. The quantitative estimate of drug-likeness (QED) is 0.672. The van der Waals surface area contributed by atoms with E-state index >= 15 is 0 Å². The highest BCUT2D eigenvalue weighted by molar-refractivity contribution is 9.10.